The first-order valence-corrected chi connectivity index (χ1v) is 5.32. The number of pyridine rings is 1. The number of hydrogen-bond acceptors (Lipinski definition) is 1. The van der Waals surface area contributed by atoms with Crippen molar-refractivity contribution in [2.75, 3.05) is 0 Å². The van der Waals surface area contributed by atoms with Gasteiger partial charge in [-0.15, -0.1) is 0 Å². The molecule has 1 heterocycles. The molecule has 0 bridgehead atoms. The smallest absolute Gasteiger partial charge is 0.149 e. The molecule has 1 nitrogen and oxygen atoms in total. The van der Waals surface area contributed by atoms with Crippen molar-refractivity contribution in [3.63, 3.8) is 0 Å². The van der Waals surface area contributed by atoms with E-state index in [2.05, 4.69) is 4.98 Å². The fourth-order valence-corrected chi connectivity index (χ4v) is 1.65. The Morgan fingerprint density at radius 3 is 2.27 bits per heavy atom. The summed E-state index contributed by atoms with van der Waals surface area (Å²) in [6.07, 6.45) is 0. The molecule has 0 aliphatic heterocycles. The third kappa shape index (κ3) is 2.31. The Kier molecular flexibility index (Phi) is 2.95. The van der Waals surface area contributed by atoms with Gasteiger partial charge in [-0.1, -0.05) is 0 Å². The van der Waals surface area contributed by atoms with Gasteiger partial charge in [0, 0.05) is 5.56 Å². The van der Waals surface area contributed by atoms with Crippen LogP contribution in [-0.4, -0.2) is 4.98 Å². The minimum atomic E-state index is -0.401. The topological polar surface area (TPSA) is 12.9 Å². The summed E-state index contributed by atoms with van der Waals surface area (Å²) in [5.41, 5.74) is 0.828. The van der Waals surface area contributed by atoms with Gasteiger partial charge in [0.2, 0.25) is 0 Å². The monoisotopic (exact) mass is 317 g/mol. The van der Waals surface area contributed by atoms with E-state index in [1.165, 1.54) is 30.3 Å². The number of rotatable bonds is 1. The molecule has 0 atom stereocenters. The van der Waals surface area contributed by atoms with Crippen LogP contribution in [0.25, 0.3) is 11.3 Å². The van der Waals surface area contributed by atoms with Gasteiger partial charge in [-0.2, -0.15) is 0 Å². The molecule has 0 fully saturated rings. The molecule has 0 amide bonds. The molecule has 1 aromatic carbocycles. The highest BCUT2D eigenvalue weighted by Gasteiger charge is 2.07. The van der Waals surface area contributed by atoms with Crippen LogP contribution in [0.4, 0.5) is 8.78 Å². The normalized spacial score (nSPS) is 10.3. The van der Waals surface area contributed by atoms with E-state index in [1.807, 2.05) is 22.6 Å². The first kappa shape index (κ1) is 10.5. The molecule has 0 aliphatic carbocycles. The SMILES string of the molecule is Fc1ccc(-c2nc(I)ccc2F)cc1. The average molecular weight is 317 g/mol. The van der Waals surface area contributed by atoms with E-state index in [0.29, 0.717) is 9.26 Å². The van der Waals surface area contributed by atoms with Crippen LogP contribution in [0.5, 0.6) is 0 Å². The summed E-state index contributed by atoms with van der Waals surface area (Å²) in [5, 5.41) is 0. The van der Waals surface area contributed by atoms with Crippen LogP contribution >= 0.6 is 22.6 Å². The Hall–Kier alpha value is -1.04. The highest BCUT2D eigenvalue weighted by atomic mass is 127. The molecule has 0 radical (unpaired) electrons. The van der Waals surface area contributed by atoms with E-state index >= 15 is 0 Å². The lowest BCUT2D eigenvalue weighted by Gasteiger charge is -2.02. The number of hydrogen-bond donors (Lipinski definition) is 0. The van der Waals surface area contributed by atoms with E-state index in [9.17, 15) is 8.78 Å². The van der Waals surface area contributed by atoms with E-state index < -0.39 is 5.82 Å². The van der Waals surface area contributed by atoms with Crippen LogP contribution < -0.4 is 0 Å². The summed E-state index contributed by atoms with van der Waals surface area (Å²) in [5.74, 6) is -0.744. The fourth-order valence-electron chi connectivity index (χ4n) is 1.23. The van der Waals surface area contributed by atoms with Crippen LogP contribution in [-0.2, 0) is 0 Å². The molecule has 0 aliphatic rings. The van der Waals surface area contributed by atoms with Gasteiger partial charge in [0.05, 0.1) is 0 Å². The summed E-state index contributed by atoms with van der Waals surface area (Å²) in [6, 6.07) is 8.54. The molecule has 2 rings (SSSR count). The van der Waals surface area contributed by atoms with Crippen LogP contribution in [0.3, 0.4) is 0 Å². The molecule has 0 saturated heterocycles. The first-order valence-electron chi connectivity index (χ1n) is 4.25. The predicted octanol–water partition coefficient (Wildman–Crippen LogP) is 3.63. The van der Waals surface area contributed by atoms with Gasteiger partial charge in [0.25, 0.3) is 0 Å². The zero-order valence-corrected chi connectivity index (χ0v) is 9.70. The van der Waals surface area contributed by atoms with Gasteiger partial charge in [-0.25, -0.2) is 13.8 Å². The van der Waals surface area contributed by atoms with Crippen molar-refractivity contribution in [1.29, 1.82) is 0 Å². The largest absolute Gasteiger partial charge is 0.239 e. The van der Waals surface area contributed by atoms with Crippen LogP contribution in [0, 0.1) is 15.3 Å². The molecule has 76 valence electrons. The van der Waals surface area contributed by atoms with Crippen molar-refractivity contribution in [2.45, 2.75) is 0 Å². The van der Waals surface area contributed by atoms with E-state index in [0.717, 1.165) is 0 Å². The Morgan fingerprint density at radius 1 is 0.933 bits per heavy atom. The molecule has 0 N–H and O–H groups in total. The summed E-state index contributed by atoms with van der Waals surface area (Å²) in [7, 11) is 0. The van der Waals surface area contributed by atoms with Crippen LogP contribution in [0.15, 0.2) is 36.4 Å². The number of halogens is 3. The van der Waals surface area contributed by atoms with Crippen molar-refractivity contribution >= 4 is 22.6 Å². The Balaban J connectivity index is 2.53. The molecule has 2 aromatic rings. The van der Waals surface area contributed by atoms with Gasteiger partial charge in [-0.3, -0.25) is 0 Å². The maximum Gasteiger partial charge on any atom is 0.149 e. The van der Waals surface area contributed by atoms with Gasteiger partial charge in [0.15, 0.2) is 0 Å². The van der Waals surface area contributed by atoms with Crippen molar-refractivity contribution < 1.29 is 8.78 Å². The molecular weight excluding hydrogens is 311 g/mol. The maximum atomic E-state index is 13.4. The number of nitrogens with zero attached hydrogens (tertiary/aromatic N) is 1. The highest BCUT2D eigenvalue weighted by molar-refractivity contribution is 14.1. The molecule has 0 unspecified atom stereocenters. The summed E-state index contributed by atoms with van der Waals surface area (Å²) in [6.45, 7) is 0. The van der Waals surface area contributed by atoms with Crippen LogP contribution in [0.1, 0.15) is 0 Å². The lowest BCUT2D eigenvalue weighted by atomic mass is 10.1. The maximum absolute atomic E-state index is 13.4. The highest BCUT2D eigenvalue weighted by Crippen LogP contribution is 2.21. The van der Waals surface area contributed by atoms with Crippen molar-refractivity contribution in [3.8, 4) is 11.3 Å². The van der Waals surface area contributed by atoms with Gasteiger partial charge in [-0.05, 0) is 59.0 Å². The second-order valence-electron chi connectivity index (χ2n) is 2.97. The quantitative estimate of drug-likeness (QED) is 0.578. The second kappa shape index (κ2) is 4.22. The van der Waals surface area contributed by atoms with E-state index in [-0.39, 0.29) is 11.5 Å². The molecule has 4 heteroatoms. The average Bonchev–Trinajstić information content (AvgIpc) is 2.23. The lowest BCUT2D eigenvalue weighted by molar-refractivity contribution is 0.622. The number of aromatic nitrogens is 1. The van der Waals surface area contributed by atoms with Gasteiger partial charge >= 0.3 is 0 Å². The molecule has 0 saturated carbocycles. The minimum Gasteiger partial charge on any atom is -0.239 e. The summed E-state index contributed by atoms with van der Waals surface area (Å²) >= 11 is 2.00. The fraction of sp³-hybridized carbons (Fsp3) is 0. The third-order valence-corrected chi connectivity index (χ3v) is 2.53. The summed E-state index contributed by atoms with van der Waals surface area (Å²) < 4.78 is 26.8. The minimum absolute atomic E-state index is 0.252. The summed E-state index contributed by atoms with van der Waals surface area (Å²) in [4.78, 5) is 4.06. The molecule has 0 spiro atoms. The molecule has 1 aromatic heterocycles. The molecular formula is C11H6F2IN. The molecule has 15 heavy (non-hydrogen) atoms. The lowest BCUT2D eigenvalue weighted by Crippen LogP contribution is -1.91. The Bertz CT molecular complexity index is 482. The second-order valence-corrected chi connectivity index (χ2v) is 4.08. The number of benzene rings is 1. The predicted molar refractivity (Wildman–Crippen MR) is 62.3 cm³/mol. The van der Waals surface area contributed by atoms with Crippen molar-refractivity contribution in [2.24, 2.45) is 0 Å². The zero-order valence-electron chi connectivity index (χ0n) is 7.55. The standard InChI is InChI=1S/C11H6F2IN/c12-8-3-1-7(2-4-8)11-9(13)5-6-10(14)15-11/h1-6H. The first-order chi connectivity index (χ1) is 7.16. The van der Waals surface area contributed by atoms with Crippen molar-refractivity contribution in [1.82, 2.24) is 4.98 Å². The van der Waals surface area contributed by atoms with E-state index in [4.69, 9.17) is 0 Å². The Morgan fingerprint density at radius 2 is 1.60 bits per heavy atom. The van der Waals surface area contributed by atoms with Gasteiger partial charge < -0.3 is 0 Å². The van der Waals surface area contributed by atoms with Crippen molar-refractivity contribution in [3.05, 3.63) is 51.7 Å². The third-order valence-electron chi connectivity index (χ3n) is 1.93. The Labute approximate surface area is 99.3 Å². The van der Waals surface area contributed by atoms with Crippen LogP contribution in [0.2, 0.25) is 0 Å². The van der Waals surface area contributed by atoms with Gasteiger partial charge in [0.1, 0.15) is 21.0 Å². The zero-order chi connectivity index (χ0) is 10.8. The van der Waals surface area contributed by atoms with E-state index in [1.54, 1.807) is 6.07 Å².